The van der Waals surface area contributed by atoms with Crippen LogP contribution in [0.3, 0.4) is 0 Å². The predicted molar refractivity (Wildman–Crippen MR) is 71.9 cm³/mol. The van der Waals surface area contributed by atoms with Crippen molar-refractivity contribution < 1.29 is 17.7 Å². The Morgan fingerprint density at radius 3 is 2.80 bits per heavy atom. The highest BCUT2D eigenvalue weighted by atomic mass is 32.2. The number of aromatic nitrogens is 2. The van der Waals surface area contributed by atoms with Crippen LogP contribution in [0.15, 0.2) is 4.52 Å². The molecule has 7 nitrogen and oxygen atoms in total. The molecule has 0 unspecified atom stereocenters. The highest BCUT2D eigenvalue weighted by Crippen LogP contribution is 2.12. The topological polar surface area (TPSA) is 102 Å². The van der Waals surface area contributed by atoms with E-state index in [-0.39, 0.29) is 35.8 Å². The number of carbonyl (C=O) groups is 1. The third-order valence-corrected chi connectivity index (χ3v) is 4.93. The minimum atomic E-state index is -2.97. The lowest BCUT2D eigenvalue weighted by atomic mass is 10.2. The van der Waals surface area contributed by atoms with E-state index in [2.05, 4.69) is 15.5 Å². The summed E-state index contributed by atoms with van der Waals surface area (Å²) in [5, 5.41) is 6.55. The van der Waals surface area contributed by atoms with E-state index in [1.165, 1.54) is 0 Å². The largest absolute Gasteiger partial charge is 0.352 e. The number of carbonyl (C=O) groups excluding carboxylic acids is 1. The molecule has 0 aliphatic carbocycles. The quantitative estimate of drug-likeness (QED) is 0.846. The summed E-state index contributed by atoms with van der Waals surface area (Å²) in [5.74, 6) is 1.25. The van der Waals surface area contributed by atoms with Crippen molar-refractivity contribution in [2.24, 2.45) is 0 Å². The third kappa shape index (κ3) is 4.03. The minimum Gasteiger partial charge on any atom is -0.352 e. The normalized spacial score (nSPS) is 21.2. The van der Waals surface area contributed by atoms with Crippen LogP contribution in [0, 0.1) is 0 Å². The highest BCUT2D eigenvalue weighted by Gasteiger charge is 2.28. The maximum atomic E-state index is 11.7. The molecule has 0 radical (unpaired) electrons. The van der Waals surface area contributed by atoms with Crippen LogP contribution in [-0.4, -0.2) is 42.0 Å². The maximum absolute atomic E-state index is 11.7. The molecule has 2 rings (SSSR count). The third-order valence-electron chi connectivity index (χ3n) is 3.16. The fourth-order valence-corrected chi connectivity index (χ4v) is 3.71. The van der Waals surface area contributed by atoms with E-state index >= 15 is 0 Å². The monoisotopic (exact) mass is 301 g/mol. The molecule has 1 atom stereocenters. The molecule has 2 heterocycles. The molecule has 0 aromatic carbocycles. The fourth-order valence-electron chi connectivity index (χ4n) is 2.03. The molecule has 1 aliphatic heterocycles. The molecule has 0 bridgehead atoms. The first kappa shape index (κ1) is 15.0. The lowest BCUT2D eigenvalue weighted by Crippen LogP contribution is -2.35. The van der Waals surface area contributed by atoms with Crippen LogP contribution in [0.5, 0.6) is 0 Å². The molecular weight excluding hydrogens is 282 g/mol. The van der Waals surface area contributed by atoms with Crippen LogP contribution in [0.25, 0.3) is 0 Å². The number of aryl methyl sites for hydroxylation is 1. The van der Waals surface area contributed by atoms with Gasteiger partial charge in [-0.1, -0.05) is 19.0 Å². The molecule has 1 aliphatic rings. The number of amides is 1. The van der Waals surface area contributed by atoms with Crippen LogP contribution >= 0.6 is 0 Å². The van der Waals surface area contributed by atoms with Crippen molar-refractivity contribution in [1.29, 1.82) is 0 Å². The van der Waals surface area contributed by atoms with Crippen molar-refractivity contribution in [3.63, 3.8) is 0 Å². The summed E-state index contributed by atoms with van der Waals surface area (Å²) in [6.07, 6.45) is 1.08. The molecule has 1 aromatic rings. The summed E-state index contributed by atoms with van der Waals surface area (Å²) in [5.41, 5.74) is 0. The average molecular weight is 301 g/mol. The second-order valence-corrected chi connectivity index (χ2v) is 7.60. The van der Waals surface area contributed by atoms with Gasteiger partial charge in [-0.25, -0.2) is 8.42 Å². The van der Waals surface area contributed by atoms with E-state index in [0.717, 1.165) is 0 Å². The Hall–Kier alpha value is -1.44. The van der Waals surface area contributed by atoms with Gasteiger partial charge >= 0.3 is 0 Å². The van der Waals surface area contributed by atoms with E-state index in [1.807, 2.05) is 13.8 Å². The minimum absolute atomic E-state index is 0.0385. The van der Waals surface area contributed by atoms with Crippen molar-refractivity contribution in [2.75, 3.05) is 11.5 Å². The summed E-state index contributed by atoms with van der Waals surface area (Å²) in [4.78, 5) is 15.9. The summed E-state index contributed by atoms with van der Waals surface area (Å²) in [7, 11) is -2.97. The first-order valence-electron chi connectivity index (χ1n) is 6.68. The molecule has 0 spiro atoms. The number of nitrogens with zero attached hydrogens (tertiary/aromatic N) is 2. The zero-order valence-corrected chi connectivity index (χ0v) is 12.4. The van der Waals surface area contributed by atoms with Gasteiger partial charge in [0.2, 0.25) is 11.8 Å². The molecule has 8 heteroatoms. The van der Waals surface area contributed by atoms with Gasteiger partial charge < -0.3 is 9.84 Å². The van der Waals surface area contributed by atoms with Crippen LogP contribution < -0.4 is 5.32 Å². The van der Waals surface area contributed by atoms with Crippen LogP contribution in [0.2, 0.25) is 0 Å². The molecule has 1 N–H and O–H groups in total. The molecule has 20 heavy (non-hydrogen) atoms. The van der Waals surface area contributed by atoms with Gasteiger partial charge in [-0.15, -0.1) is 0 Å². The number of hydrogen-bond donors (Lipinski definition) is 1. The Labute approximate surface area is 118 Å². The predicted octanol–water partition coefficient (Wildman–Crippen LogP) is 0.429. The lowest BCUT2D eigenvalue weighted by Gasteiger charge is -2.09. The number of hydrogen-bond acceptors (Lipinski definition) is 6. The molecule has 1 fully saturated rings. The summed E-state index contributed by atoms with van der Waals surface area (Å²) in [6.45, 7) is 3.92. The smallest absolute Gasteiger partial charge is 0.227 e. The fraction of sp³-hybridized carbons (Fsp3) is 0.750. The zero-order chi connectivity index (χ0) is 14.8. The maximum Gasteiger partial charge on any atom is 0.227 e. The SMILES string of the molecule is CC(C)c1noc(CCC(=O)N[C@H]2CCS(=O)(=O)C2)n1. The highest BCUT2D eigenvalue weighted by molar-refractivity contribution is 7.91. The molecule has 0 saturated carbocycles. The standard InChI is InChI=1S/C12H19N3O4S/c1-8(2)12-14-11(19-15-12)4-3-10(16)13-9-5-6-20(17,18)7-9/h8-9H,3-7H2,1-2H3,(H,13,16)/t9-/m0/s1. The Bertz CT molecular complexity index is 579. The summed E-state index contributed by atoms with van der Waals surface area (Å²) in [6, 6.07) is -0.263. The van der Waals surface area contributed by atoms with E-state index < -0.39 is 9.84 Å². The van der Waals surface area contributed by atoms with Gasteiger partial charge in [0.1, 0.15) is 0 Å². The number of rotatable bonds is 5. The first-order chi connectivity index (χ1) is 9.35. The average Bonchev–Trinajstić information content (AvgIpc) is 2.93. The Morgan fingerprint density at radius 1 is 1.50 bits per heavy atom. The lowest BCUT2D eigenvalue weighted by molar-refractivity contribution is -0.121. The Kier molecular flexibility index (Phi) is 4.42. The van der Waals surface area contributed by atoms with Crippen molar-refractivity contribution >= 4 is 15.7 Å². The van der Waals surface area contributed by atoms with Crippen molar-refractivity contribution in [1.82, 2.24) is 15.5 Å². The molecule has 1 amide bonds. The van der Waals surface area contributed by atoms with Gasteiger partial charge in [0.15, 0.2) is 15.7 Å². The van der Waals surface area contributed by atoms with Crippen molar-refractivity contribution in [2.45, 2.75) is 45.1 Å². The summed E-state index contributed by atoms with van der Waals surface area (Å²) >= 11 is 0. The van der Waals surface area contributed by atoms with Crippen LogP contribution in [-0.2, 0) is 21.1 Å². The number of sulfone groups is 1. The van der Waals surface area contributed by atoms with Gasteiger partial charge in [-0.3, -0.25) is 4.79 Å². The van der Waals surface area contributed by atoms with Crippen LogP contribution in [0.1, 0.15) is 44.3 Å². The van der Waals surface area contributed by atoms with Gasteiger partial charge in [0.25, 0.3) is 0 Å². The Morgan fingerprint density at radius 2 is 2.25 bits per heavy atom. The Balaban J connectivity index is 1.77. The molecular formula is C12H19N3O4S. The van der Waals surface area contributed by atoms with E-state index in [1.54, 1.807) is 0 Å². The van der Waals surface area contributed by atoms with E-state index in [4.69, 9.17) is 4.52 Å². The second kappa shape index (κ2) is 5.90. The van der Waals surface area contributed by atoms with Gasteiger partial charge in [-0.05, 0) is 6.42 Å². The molecule has 112 valence electrons. The van der Waals surface area contributed by atoms with Crippen molar-refractivity contribution in [3.8, 4) is 0 Å². The van der Waals surface area contributed by atoms with E-state index in [0.29, 0.717) is 24.6 Å². The van der Waals surface area contributed by atoms with Crippen LogP contribution in [0.4, 0.5) is 0 Å². The molecule has 1 aromatic heterocycles. The van der Waals surface area contributed by atoms with E-state index in [9.17, 15) is 13.2 Å². The molecule has 1 saturated heterocycles. The van der Waals surface area contributed by atoms with Gasteiger partial charge in [0.05, 0.1) is 11.5 Å². The first-order valence-corrected chi connectivity index (χ1v) is 8.50. The van der Waals surface area contributed by atoms with Crippen molar-refractivity contribution in [3.05, 3.63) is 11.7 Å². The van der Waals surface area contributed by atoms with Gasteiger partial charge in [0, 0.05) is 24.8 Å². The second-order valence-electron chi connectivity index (χ2n) is 5.37. The zero-order valence-electron chi connectivity index (χ0n) is 11.6. The summed E-state index contributed by atoms with van der Waals surface area (Å²) < 4.78 is 27.6. The number of nitrogens with one attached hydrogen (secondary N) is 1. The van der Waals surface area contributed by atoms with Gasteiger partial charge in [-0.2, -0.15) is 4.98 Å².